The average molecular weight is 190 g/mol. The van der Waals surface area contributed by atoms with Crippen molar-refractivity contribution in [3.05, 3.63) is 35.4 Å². The number of hydrogen-bond donors (Lipinski definition) is 1. The summed E-state index contributed by atoms with van der Waals surface area (Å²) >= 11 is 0. The lowest BCUT2D eigenvalue weighted by atomic mass is 9.65. The molecule has 0 unspecified atom stereocenters. The number of aliphatic hydroxyl groups excluding tert-OH is 1. The monoisotopic (exact) mass is 190 g/mol. The number of rotatable bonds is 3. The SMILES string of the molecule is CCc1cccc(C2(CO)CCC2)c1. The highest BCUT2D eigenvalue weighted by Crippen LogP contribution is 2.43. The molecule has 0 saturated heterocycles. The van der Waals surface area contributed by atoms with Crippen LogP contribution in [0.5, 0.6) is 0 Å². The van der Waals surface area contributed by atoms with Crippen LogP contribution in [-0.2, 0) is 11.8 Å². The maximum absolute atomic E-state index is 9.45. The quantitative estimate of drug-likeness (QED) is 0.777. The fourth-order valence-electron chi connectivity index (χ4n) is 2.26. The van der Waals surface area contributed by atoms with Gasteiger partial charge in [0.2, 0.25) is 0 Å². The summed E-state index contributed by atoms with van der Waals surface area (Å²) in [6.45, 7) is 2.48. The normalized spacial score (nSPS) is 19.0. The van der Waals surface area contributed by atoms with E-state index in [1.807, 2.05) is 0 Å². The molecule has 0 spiro atoms. The van der Waals surface area contributed by atoms with Crippen LogP contribution in [-0.4, -0.2) is 11.7 Å². The molecule has 0 radical (unpaired) electrons. The molecular formula is C13H18O. The summed E-state index contributed by atoms with van der Waals surface area (Å²) in [4.78, 5) is 0. The number of aryl methyl sites for hydroxylation is 1. The molecule has 2 rings (SSSR count). The van der Waals surface area contributed by atoms with Gasteiger partial charge in [0.25, 0.3) is 0 Å². The van der Waals surface area contributed by atoms with Crippen molar-refractivity contribution in [3.8, 4) is 0 Å². The van der Waals surface area contributed by atoms with Crippen LogP contribution in [0.3, 0.4) is 0 Å². The van der Waals surface area contributed by atoms with Gasteiger partial charge in [-0.1, -0.05) is 37.6 Å². The van der Waals surface area contributed by atoms with Crippen molar-refractivity contribution in [2.24, 2.45) is 0 Å². The van der Waals surface area contributed by atoms with Gasteiger partial charge in [-0.15, -0.1) is 0 Å². The van der Waals surface area contributed by atoms with Crippen molar-refractivity contribution in [3.63, 3.8) is 0 Å². The van der Waals surface area contributed by atoms with Gasteiger partial charge in [-0.05, 0) is 30.4 Å². The van der Waals surface area contributed by atoms with Crippen LogP contribution in [0.1, 0.15) is 37.3 Å². The zero-order valence-electron chi connectivity index (χ0n) is 8.79. The van der Waals surface area contributed by atoms with Gasteiger partial charge < -0.3 is 5.11 Å². The first-order valence-electron chi connectivity index (χ1n) is 5.51. The van der Waals surface area contributed by atoms with Crippen LogP contribution in [0.15, 0.2) is 24.3 Å². The highest BCUT2D eigenvalue weighted by atomic mass is 16.3. The van der Waals surface area contributed by atoms with E-state index in [9.17, 15) is 5.11 Å². The largest absolute Gasteiger partial charge is 0.395 e. The molecular weight excluding hydrogens is 172 g/mol. The van der Waals surface area contributed by atoms with E-state index in [1.54, 1.807) is 0 Å². The Kier molecular flexibility index (Phi) is 2.60. The molecule has 0 atom stereocenters. The highest BCUT2D eigenvalue weighted by Gasteiger charge is 2.37. The Bertz CT molecular complexity index is 307. The zero-order chi connectivity index (χ0) is 10.0. The third-order valence-corrected chi connectivity index (χ3v) is 3.56. The maximum atomic E-state index is 9.45. The first-order chi connectivity index (χ1) is 6.80. The fraction of sp³-hybridized carbons (Fsp3) is 0.538. The molecule has 0 heterocycles. The molecule has 1 nitrogen and oxygen atoms in total. The van der Waals surface area contributed by atoms with Crippen LogP contribution in [0.25, 0.3) is 0 Å². The molecule has 1 saturated carbocycles. The van der Waals surface area contributed by atoms with E-state index in [0.29, 0.717) is 6.61 Å². The molecule has 1 N–H and O–H groups in total. The summed E-state index contributed by atoms with van der Waals surface area (Å²) in [7, 11) is 0. The summed E-state index contributed by atoms with van der Waals surface area (Å²) in [5.74, 6) is 0. The van der Waals surface area contributed by atoms with E-state index in [1.165, 1.54) is 17.5 Å². The average Bonchev–Trinajstić information content (AvgIpc) is 2.18. The molecule has 0 aromatic heterocycles. The molecule has 0 bridgehead atoms. The third-order valence-electron chi connectivity index (χ3n) is 3.56. The summed E-state index contributed by atoms with van der Waals surface area (Å²) < 4.78 is 0. The minimum atomic E-state index is 0.102. The van der Waals surface area contributed by atoms with Gasteiger partial charge in [0.1, 0.15) is 0 Å². The Morgan fingerprint density at radius 2 is 2.14 bits per heavy atom. The lowest BCUT2D eigenvalue weighted by molar-refractivity contribution is 0.120. The first kappa shape index (κ1) is 9.72. The third kappa shape index (κ3) is 1.46. The van der Waals surface area contributed by atoms with Gasteiger partial charge in [0.05, 0.1) is 6.61 Å². The Labute approximate surface area is 85.8 Å². The second-order valence-electron chi connectivity index (χ2n) is 4.35. The molecule has 0 aliphatic heterocycles. The van der Waals surface area contributed by atoms with E-state index in [4.69, 9.17) is 0 Å². The van der Waals surface area contributed by atoms with Gasteiger partial charge in [-0.2, -0.15) is 0 Å². The van der Waals surface area contributed by atoms with Crippen molar-refractivity contribution < 1.29 is 5.11 Å². The van der Waals surface area contributed by atoms with Crippen LogP contribution in [0.4, 0.5) is 0 Å². The molecule has 14 heavy (non-hydrogen) atoms. The smallest absolute Gasteiger partial charge is 0.0527 e. The van der Waals surface area contributed by atoms with E-state index < -0.39 is 0 Å². The second-order valence-corrected chi connectivity index (χ2v) is 4.35. The van der Waals surface area contributed by atoms with E-state index in [2.05, 4.69) is 31.2 Å². The van der Waals surface area contributed by atoms with Crippen molar-refractivity contribution in [2.75, 3.05) is 6.61 Å². The second kappa shape index (κ2) is 3.74. The van der Waals surface area contributed by atoms with Crippen molar-refractivity contribution >= 4 is 0 Å². The Morgan fingerprint density at radius 1 is 1.36 bits per heavy atom. The summed E-state index contributed by atoms with van der Waals surface area (Å²) in [5, 5.41) is 9.45. The van der Waals surface area contributed by atoms with Crippen molar-refractivity contribution in [2.45, 2.75) is 38.0 Å². The molecule has 1 aliphatic rings. The molecule has 1 heteroatoms. The Balaban J connectivity index is 2.30. The van der Waals surface area contributed by atoms with Gasteiger partial charge in [0.15, 0.2) is 0 Å². The maximum Gasteiger partial charge on any atom is 0.0527 e. The number of benzene rings is 1. The molecule has 1 aromatic carbocycles. The Morgan fingerprint density at radius 3 is 2.64 bits per heavy atom. The predicted octanol–water partition coefficient (Wildman–Crippen LogP) is 2.66. The molecule has 1 aliphatic carbocycles. The minimum Gasteiger partial charge on any atom is -0.395 e. The van der Waals surface area contributed by atoms with Gasteiger partial charge in [0, 0.05) is 5.41 Å². The van der Waals surface area contributed by atoms with Crippen molar-refractivity contribution in [1.82, 2.24) is 0 Å². The predicted molar refractivity (Wildman–Crippen MR) is 58.4 cm³/mol. The van der Waals surface area contributed by atoms with E-state index in [-0.39, 0.29) is 5.41 Å². The van der Waals surface area contributed by atoms with E-state index in [0.717, 1.165) is 19.3 Å². The van der Waals surface area contributed by atoms with Gasteiger partial charge in [-0.25, -0.2) is 0 Å². The van der Waals surface area contributed by atoms with Crippen LogP contribution in [0.2, 0.25) is 0 Å². The Hall–Kier alpha value is -0.820. The highest BCUT2D eigenvalue weighted by molar-refractivity contribution is 5.32. The zero-order valence-corrected chi connectivity index (χ0v) is 8.79. The fourth-order valence-corrected chi connectivity index (χ4v) is 2.26. The minimum absolute atomic E-state index is 0.102. The summed E-state index contributed by atoms with van der Waals surface area (Å²) in [5.41, 5.74) is 2.82. The van der Waals surface area contributed by atoms with Crippen LogP contribution in [0, 0.1) is 0 Å². The number of aliphatic hydroxyl groups is 1. The molecule has 1 fully saturated rings. The number of hydrogen-bond acceptors (Lipinski definition) is 1. The standard InChI is InChI=1S/C13H18O/c1-2-11-5-3-6-12(9-11)13(10-14)7-4-8-13/h3,5-6,9,14H,2,4,7-8,10H2,1H3. The molecule has 1 aromatic rings. The summed E-state index contributed by atoms with van der Waals surface area (Å²) in [6.07, 6.45) is 4.64. The molecule has 76 valence electrons. The van der Waals surface area contributed by atoms with Crippen LogP contribution < -0.4 is 0 Å². The lowest BCUT2D eigenvalue weighted by Crippen LogP contribution is -2.37. The lowest BCUT2D eigenvalue weighted by Gasteiger charge is -2.41. The first-order valence-corrected chi connectivity index (χ1v) is 5.51. The molecule has 0 amide bonds. The summed E-state index contributed by atoms with van der Waals surface area (Å²) in [6, 6.07) is 8.70. The van der Waals surface area contributed by atoms with Gasteiger partial charge in [-0.3, -0.25) is 0 Å². The van der Waals surface area contributed by atoms with Gasteiger partial charge >= 0.3 is 0 Å². The van der Waals surface area contributed by atoms with E-state index >= 15 is 0 Å². The topological polar surface area (TPSA) is 20.2 Å². The van der Waals surface area contributed by atoms with Crippen molar-refractivity contribution in [1.29, 1.82) is 0 Å². The van der Waals surface area contributed by atoms with Crippen LogP contribution >= 0.6 is 0 Å².